The lowest BCUT2D eigenvalue weighted by Gasteiger charge is -2.29. The Morgan fingerprint density at radius 2 is 2.00 bits per heavy atom. The first-order valence-electron chi connectivity index (χ1n) is 8.93. The summed E-state index contributed by atoms with van der Waals surface area (Å²) in [5.41, 5.74) is 3.63. The summed E-state index contributed by atoms with van der Waals surface area (Å²) < 4.78 is 45.7. The molecule has 1 heterocycles. The number of primary amides is 1. The smallest absolute Gasteiger partial charge is 0.370 e. The molecule has 0 saturated carbocycles. The van der Waals surface area contributed by atoms with Gasteiger partial charge in [0.25, 0.3) is 11.8 Å². The van der Waals surface area contributed by atoms with Crippen LogP contribution in [0, 0.1) is 5.92 Å². The molecule has 0 spiro atoms. The molecule has 1 aromatic rings. The summed E-state index contributed by atoms with van der Waals surface area (Å²) in [5.74, 6) is -2.30. The van der Waals surface area contributed by atoms with Crippen LogP contribution in [0.3, 0.4) is 0 Å². The van der Waals surface area contributed by atoms with Crippen LogP contribution in [0.5, 0.6) is 0 Å². The normalized spacial score (nSPS) is 16.1. The van der Waals surface area contributed by atoms with Crippen molar-refractivity contribution in [3.05, 3.63) is 23.8 Å². The number of hydrogen-bond donors (Lipinski definition) is 3. The lowest BCUT2D eigenvalue weighted by atomic mass is 10.1. The number of carbonyl (C=O) groups is 3. The number of benzene rings is 1. The number of ether oxygens (including phenoxy) is 1. The summed E-state index contributed by atoms with van der Waals surface area (Å²) in [4.78, 5) is 36.8. The number of amides is 3. The second-order valence-corrected chi connectivity index (χ2v) is 6.95. The number of carbonyl (C=O) groups excluding carboxylic acids is 3. The Bertz CT molecular complexity index is 783. The van der Waals surface area contributed by atoms with Crippen LogP contribution in [-0.4, -0.2) is 50.1 Å². The third kappa shape index (κ3) is 5.91. The highest BCUT2D eigenvalue weighted by Gasteiger charge is 2.37. The van der Waals surface area contributed by atoms with E-state index in [1.807, 2.05) is 13.8 Å². The summed E-state index contributed by atoms with van der Waals surface area (Å²) in [5, 5.41) is 4.95. The zero-order valence-electron chi connectivity index (χ0n) is 16.0. The molecule has 0 aliphatic carbocycles. The Kier molecular flexibility index (Phi) is 7.20. The zero-order valence-corrected chi connectivity index (χ0v) is 16.0. The van der Waals surface area contributed by atoms with E-state index in [2.05, 4.69) is 10.6 Å². The molecule has 1 aliphatic heterocycles. The van der Waals surface area contributed by atoms with Crippen LogP contribution in [0.4, 0.5) is 24.5 Å². The average molecular weight is 416 g/mol. The van der Waals surface area contributed by atoms with Gasteiger partial charge in [-0.1, -0.05) is 13.8 Å². The minimum absolute atomic E-state index is 0.0174. The van der Waals surface area contributed by atoms with Crippen molar-refractivity contribution in [3.63, 3.8) is 0 Å². The molecule has 1 atom stereocenters. The van der Waals surface area contributed by atoms with Crippen molar-refractivity contribution >= 4 is 29.1 Å². The van der Waals surface area contributed by atoms with Crippen LogP contribution < -0.4 is 21.3 Å². The summed E-state index contributed by atoms with van der Waals surface area (Å²) in [7, 11) is 0. The Morgan fingerprint density at radius 3 is 2.55 bits per heavy atom. The van der Waals surface area contributed by atoms with E-state index < -0.39 is 35.5 Å². The van der Waals surface area contributed by atoms with Gasteiger partial charge in [0, 0.05) is 12.2 Å². The molecule has 2 rings (SSSR count). The van der Waals surface area contributed by atoms with Crippen LogP contribution in [0.15, 0.2) is 18.2 Å². The van der Waals surface area contributed by atoms with Crippen molar-refractivity contribution in [2.24, 2.45) is 11.7 Å². The quantitative estimate of drug-likeness (QED) is 0.576. The van der Waals surface area contributed by atoms with E-state index in [4.69, 9.17) is 10.5 Å². The van der Waals surface area contributed by atoms with Crippen LogP contribution in [0.2, 0.25) is 0 Å². The standard InChI is InChI=1S/C18H23F3N4O4/c1-10(2)8-23-15(16(22)27)17(28)24-11-3-4-13(12(7-11)18(19,20)21)25-5-6-29-9-14(25)26/h3-4,7,10,15,23H,5-6,8-9H2,1-2H3,(H2,22,27)(H,24,28)/t15-/m1/s1. The zero-order chi connectivity index (χ0) is 21.8. The molecule has 0 radical (unpaired) electrons. The molecule has 11 heteroatoms. The summed E-state index contributed by atoms with van der Waals surface area (Å²) in [6.07, 6.45) is -4.77. The van der Waals surface area contributed by atoms with Gasteiger partial charge < -0.3 is 20.7 Å². The third-order valence-electron chi connectivity index (χ3n) is 4.12. The van der Waals surface area contributed by atoms with Crippen molar-refractivity contribution in [1.29, 1.82) is 0 Å². The molecule has 160 valence electrons. The van der Waals surface area contributed by atoms with Crippen LogP contribution in [-0.2, 0) is 25.3 Å². The van der Waals surface area contributed by atoms with Crippen molar-refractivity contribution < 1.29 is 32.3 Å². The minimum Gasteiger partial charge on any atom is -0.370 e. The van der Waals surface area contributed by atoms with Gasteiger partial charge in [0.2, 0.25) is 5.91 Å². The number of anilines is 2. The molecule has 1 fully saturated rings. The number of nitrogens with two attached hydrogens (primary N) is 1. The minimum atomic E-state index is -4.77. The molecule has 4 N–H and O–H groups in total. The highest BCUT2D eigenvalue weighted by molar-refractivity contribution is 6.09. The van der Waals surface area contributed by atoms with Crippen LogP contribution >= 0.6 is 0 Å². The third-order valence-corrected chi connectivity index (χ3v) is 4.12. The van der Waals surface area contributed by atoms with Gasteiger partial charge in [0.1, 0.15) is 6.61 Å². The second kappa shape index (κ2) is 9.23. The SMILES string of the molecule is CC(C)CN[C@H](C(N)=O)C(=O)Nc1ccc(N2CCOCC2=O)c(C(F)(F)F)c1. The van der Waals surface area contributed by atoms with Gasteiger partial charge in [-0.15, -0.1) is 0 Å². The molecule has 0 unspecified atom stereocenters. The molecule has 3 amide bonds. The van der Waals surface area contributed by atoms with Crippen molar-refractivity contribution in [1.82, 2.24) is 5.32 Å². The fourth-order valence-electron chi connectivity index (χ4n) is 2.74. The number of nitrogens with zero attached hydrogens (tertiary/aromatic N) is 1. The van der Waals surface area contributed by atoms with E-state index in [9.17, 15) is 27.6 Å². The lowest BCUT2D eigenvalue weighted by Crippen LogP contribution is -2.50. The van der Waals surface area contributed by atoms with E-state index in [0.717, 1.165) is 17.0 Å². The molecule has 0 bridgehead atoms. The monoisotopic (exact) mass is 416 g/mol. The first kappa shape index (κ1) is 22.6. The fourth-order valence-corrected chi connectivity index (χ4v) is 2.74. The molecule has 0 aromatic heterocycles. The van der Waals surface area contributed by atoms with E-state index in [-0.39, 0.29) is 37.1 Å². The van der Waals surface area contributed by atoms with Gasteiger partial charge in [-0.25, -0.2) is 0 Å². The largest absolute Gasteiger partial charge is 0.418 e. The van der Waals surface area contributed by atoms with Gasteiger partial charge in [0.15, 0.2) is 6.04 Å². The Hall–Kier alpha value is -2.66. The van der Waals surface area contributed by atoms with Crippen molar-refractivity contribution in [3.8, 4) is 0 Å². The topological polar surface area (TPSA) is 114 Å². The maximum absolute atomic E-state index is 13.6. The summed E-state index contributed by atoms with van der Waals surface area (Å²) in [6.45, 7) is 3.80. The molecule has 1 saturated heterocycles. The predicted octanol–water partition coefficient (Wildman–Crippen LogP) is 1.11. The molecule has 1 aliphatic rings. The number of hydrogen-bond acceptors (Lipinski definition) is 5. The van der Waals surface area contributed by atoms with Crippen LogP contribution in [0.1, 0.15) is 19.4 Å². The predicted molar refractivity (Wildman–Crippen MR) is 99.1 cm³/mol. The molecular weight excluding hydrogens is 393 g/mol. The summed E-state index contributed by atoms with van der Waals surface area (Å²) in [6, 6.07) is 1.65. The summed E-state index contributed by atoms with van der Waals surface area (Å²) >= 11 is 0. The van der Waals surface area contributed by atoms with Crippen molar-refractivity contribution in [2.45, 2.75) is 26.1 Å². The number of rotatable bonds is 7. The highest BCUT2D eigenvalue weighted by atomic mass is 19.4. The maximum Gasteiger partial charge on any atom is 0.418 e. The lowest BCUT2D eigenvalue weighted by molar-refractivity contribution is -0.137. The Morgan fingerprint density at radius 1 is 1.31 bits per heavy atom. The van der Waals surface area contributed by atoms with Crippen LogP contribution in [0.25, 0.3) is 0 Å². The number of halogens is 3. The van der Waals surface area contributed by atoms with E-state index in [1.54, 1.807) is 0 Å². The Balaban J connectivity index is 2.28. The number of alkyl halides is 3. The maximum atomic E-state index is 13.6. The van der Waals surface area contributed by atoms with Gasteiger partial charge in [-0.3, -0.25) is 19.7 Å². The molecule has 29 heavy (non-hydrogen) atoms. The first-order chi connectivity index (χ1) is 13.5. The second-order valence-electron chi connectivity index (χ2n) is 6.95. The molecular formula is C18H23F3N4O4. The van der Waals surface area contributed by atoms with Crippen molar-refractivity contribution in [2.75, 3.05) is 36.5 Å². The number of morpholine rings is 1. The van der Waals surface area contributed by atoms with Gasteiger partial charge in [0.05, 0.1) is 17.9 Å². The van der Waals surface area contributed by atoms with E-state index in [1.165, 1.54) is 6.07 Å². The average Bonchev–Trinajstić information content (AvgIpc) is 2.61. The van der Waals surface area contributed by atoms with E-state index in [0.29, 0.717) is 6.54 Å². The van der Waals surface area contributed by atoms with E-state index >= 15 is 0 Å². The van der Waals surface area contributed by atoms with Gasteiger partial charge in [-0.05, 0) is 30.7 Å². The first-order valence-corrected chi connectivity index (χ1v) is 8.93. The Labute approximate surface area is 165 Å². The fraction of sp³-hybridized carbons (Fsp3) is 0.500. The van der Waals surface area contributed by atoms with Gasteiger partial charge >= 0.3 is 6.18 Å². The molecule has 1 aromatic carbocycles. The van der Waals surface area contributed by atoms with Gasteiger partial charge in [-0.2, -0.15) is 13.2 Å². The number of nitrogens with one attached hydrogen (secondary N) is 2. The highest BCUT2D eigenvalue weighted by Crippen LogP contribution is 2.38. The molecule has 8 nitrogen and oxygen atoms in total.